The molecule has 1 aliphatic rings. The minimum Gasteiger partial charge on any atom is -0.493 e. The van der Waals surface area contributed by atoms with Crippen molar-refractivity contribution in [2.45, 2.75) is 164 Å². The zero-order chi connectivity index (χ0) is 43.6. The average Bonchev–Trinajstić information content (AvgIpc) is 3.15. The van der Waals surface area contributed by atoms with Gasteiger partial charge in [0.1, 0.15) is 23.9 Å². The van der Waals surface area contributed by atoms with Gasteiger partial charge in [-0.25, -0.2) is 0 Å². The lowest BCUT2D eigenvalue weighted by Crippen LogP contribution is -2.17. The minimum absolute atomic E-state index is 0.0370. The van der Waals surface area contributed by atoms with Crippen LogP contribution in [0.15, 0.2) is 79.0 Å². The second-order valence-electron chi connectivity index (χ2n) is 21.4. The highest BCUT2D eigenvalue weighted by molar-refractivity contribution is 5.58. The summed E-state index contributed by atoms with van der Waals surface area (Å²) in [6, 6.07) is 27.8. The Morgan fingerprint density at radius 3 is 1.12 bits per heavy atom. The molecule has 0 amide bonds. The van der Waals surface area contributed by atoms with E-state index in [-0.39, 0.29) is 21.7 Å². The van der Waals surface area contributed by atoms with E-state index in [2.05, 4.69) is 163 Å². The molecule has 4 heteroatoms. The number of pyridine rings is 1. The molecule has 60 heavy (non-hydrogen) atoms. The predicted octanol–water partition coefficient (Wildman–Crippen LogP) is 14.1. The second kappa shape index (κ2) is 17.8. The average molecular weight is 808 g/mol. The standard InChI is InChI=1S/C56H73NO3/c1-15-21-58-50-39-24-37-23-38(27-45(26-37)53(3,4)5)25-40-31-47(55(9,10)11)35-44(52(40)60-36-49-19-17-18-20-57-49)29-43-34-48(56(12,13)14)33-42(51(43)59-22-16-2)28-41(50)32-46(30-39)54(6,7)8/h17-20,23,26-27,30-35H,15-16,21-22,24-25,28-29,36H2,1-14H3. The first kappa shape index (κ1) is 45.0. The molecular formula is C56H73NO3. The van der Waals surface area contributed by atoms with Gasteiger partial charge >= 0.3 is 0 Å². The van der Waals surface area contributed by atoms with Gasteiger partial charge in [0.15, 0.2) is 0 Å². The Morgan fingerprint density at radius 2 is 0.783 bits per heavy atom. The van der Waals surface area contributed by atoms with Crippen LogP contribution >= 0.6 is 0 Å². The van der Waals surface area contributed by atoms with E-state index in [0.717, 1.165) is 48.6 Å². The van der Waals surface area contributed by atoms with Gasteiger partial charge in [-0.05, 0) is 113 Å². The van der Waals surface area contributed by atoms with Gasteiger partial charge in [-0.15, -0.1) is 0 Å². The van der Waals surface area contributed by atoms with Crippen molar-refractivity contribution in [2.24, 2.45) is 0 Å². The molecule has 320 valence electrons. The Kier molecular flexibility index (Phi) is 13.3. The highest BCUT2D eigenvalue weighted by Crippen LogP contribution is 2.43. The van der Waals surface area contributed by atoms with Gasteiger partial charge in [0.05, 0.1) is 18.9 Å². The molecule has 5 aromatic rings. The maximum Gasteiger partial charge on any atom is 0.130 e. The van der Waals surface area contributed by atoms with Crippen molar-refractivity contribution in [2.75, 3.05) is 13.2 Å². The lowest BCUT2D eigenvalue weighted by atomic mass is 9.79. The quantitative estimate of drug-likeness (QED) is 0.146. The monoisotopic (exact) mass is 808 g/mol. The Balaban J connectivity index is 1.73. The van der Waals surface area contributed by atoms with Crippen LogP contribution in [0.4, 0.5) is 0 Å². The maximum absolute atomic E-state index is 7.04. The molecule has 1 aromatic heterocycles. The molecule has 0 spiro atoms. The third kappa shape index (κ3) is 10.8. The van der Waals surface area contributed by atoms with Crippen molar-refractivity contribution < 1.29 is 14.2 Å². The number of aromatic nitrogens is 1. The van der Waals surface area contributed by atoms with Crippen LogP contribution in [0.5, 0.6) is 17.2 Å². The van der Waals surface area contributed by atoms with Crippen molar-refractivity contribution in [3.8, 4) is 17.2 Å². The van der Waals surface area contributed by atoms with Gasteiger partial charge in [0.25, 0.3) is 0 Å². The van der Waals surface area contributed by atoms with Gasteiger partial charge in [0.2, 0.25) is 0 Å². The van der Waals surface area contributed by atoms with E-state index in [4.69, 9.17) is 14.2 Å². The molecule has 1 aliphatic carbocycles. The Labute approximate surface area is 363 Å². The molecule has 0 saturated carbocycles. The summed E-state index contributed by atoms with van der Waals surface area (Å²) in [6.45, 7) is 34.0. The molecule has 4 aromatic carbocycles. The van der Waals surface area contributed by atoms with Crippen molar-refractivity contribution in [3.63, 3.8) is 0 Å². The largest absolute Gasteiger partial charge is 0.493 e. The molecule has 0 aliphatic heterocycles. The third-order valence-electron chi connectivity index (χ3n) is 11.8. The van der Waals surface area contributed by atoms with Gasteiger partial charge < -0.3 is 14.2 Å². The van der Waals surface area contributed by atoms with Gasteiger partial charge in [-0.3, -0.25) is 4.98 Å². The molecule has 0 radical (unpaired) electrons. The molecule has 8 bridgehead atoms. The maximum atomic E-state index is 7.04. The first-order valence-electron chi connectivity index (χ1n) is 22.5. The fraction of sp³-hybridized carbons (Fsp3) is 0.482. The summed E-state index contributed by atoms with van der Waals surface area (Å²) in [5, 5.41) is 0. The van der Waals surface area contributed by atoms with E-state index in [1.807, 2.05) is 18.3 Å². The van der Waals surface area contributed by atoms with Crippen LogP contribution in [0.1, 0.15) is 182 Å². The summed E-state index contributed by atoms with van der Waals surface area (Å²) < 4.78 is 20.9. The van der Waals surface area contributed by atoms with Crippen LogP contribution in [0.2, 0.25) is 0 Å². The molecule has 0 N–H and O–H groups in total. The van der Waals surface area contributed by atoms with E-state index < -0.39 is 0 Å². The summed E-state index contributed by atoms with van der Waals surface area (Å²) in [5.41, 5.74) is 15.8. The summed E-state index contributed by atoms with van der Waals surface area (Å²) >= 11 is 0. The number of benzene rings is 4. The molecule has 6 rings (SSSR count). The highest BCUT2D eigenvalue weighted by atomic mass is 16.5. The number of fused-ring (bicyclic) bond motifs is 8. The second-order valence-corrected chi connectivity index (χ2v) is 21.4. The molecule has 0 atom stereocenters. The number of nitrogens with zero attached hydrogens (tertiary/aromatic N) is 1. The summed E-state index contributed by atoms with van der Waals surface area (Å²) in [6.07, 6.45) is 6.60. The molecule has 1 heterocycles. The zero-order valence-electron chi connectivity index (χ0n) is 39.5. The van der Waals surface area contributed by atoms with E-state index in [1.54, 1.807) is 0 Å². The van der Waals surface area contributed by atoms with E-state index in [1.165, 1.54) is 66.8 Å². The van der Waals surface area contributed by atoms with Crippen molar-refractivity contribution in [1.82, 2.24) is 4.98 Å². The molecule has 0 saturated heterocycles. The summed E-state index contributed by atoms with van der Waals surface area (Å²) in [4.78, 5) is 4.67. The fourth-order valence-electron chi connectivity index (χ4n) is 8.19. The topological polar surface area (TPSA) is 40.6 Å². The number of rotatable bonds is 9. The van der Waals surface area contributed by atoms with Gasteiger partial charge in [-0.2, -0.15) is 0 Å². The van der Waals surface area contributed by atoms with E-state index in [0.29, 0.717) is 32.7 Å². The highest BCUT2D eigenvalue weighted by Gasteiger charge is 2.28. The van der Waals surface area contributed by atoms with E-state index in [9.17, 15) is 0 Å². The Bertz CT molecular complexity index is 2270. The molecule has 0 fully saturated rings. The zero-order valence-corrected chi connectivity index (χ0v) is 39.5. The third-order valence-corrected chi connectivity index (χ3v) is 11.8. The Morgan fingerprint density at radius 1 is 0.433 bits per heavy atom. The number of hydrogen-bond donors (Lipinski definition) is 0. The first-order chi connectivity index (χ1) is 28.1. The van der Waals surface area contributed by atoms with Crippen molar-refractivity contribution in [3.05, 3.63) is 151 Å². The lowest BCUT2D eigenvalue weighted by Gasteiger charge is -2.28. The Hall–Kier alpha value is -4.57. The number of ether oxygens (including phenoxy) is 3. The predicted molar refractivity (Wildman–Crippen MR) is 252 cm³/mol. The fourth-order valence-corrected chi connectivity index (χ4v) is 8.19. The molecule has 0 unspecified atom stereocenters. The van der Waals surface area contributed by atoms with Crippen molar-refractivity contribution in [1.29, 1.82) is 0 Å². The van der Waals surface area contributed by atoms with Crippen LogP contribution < -0.4 is 14.2 Å². The first-order valence-corrected chi connectivity index (χ1v) is 22.5. The van der Waals surface area contributed by atoms with Crippen molar-refractivity contribution >= 4 is 0 Å². The van der Waals surface area contributed by atoms with E-state index >= 15 is 0 Å². The molecular weight excluding hydrogens is 735 g/mol. The number of hydrogen-bond acceptors (Lipinski definition) is 4. The van der Waals surface area contributed by atoms with Gasteiger partial charge in [-0.1, -0.05) is 158 Å². The van der Waals surface area contributed by atoms with Crippen LogP contribution in [-0.2, 0) is 54.0 Å². The van der Waals surface area contributed by atoms with Crippen LogP contribution in [0.25, 0.3) is 0 Å². The molecule has 4 nitrogen and oxygen atoms in total. The van der Waals surface area contributed by atoms with Gasteiger partial charge in [0, 0.05) is 31.9 Å². The normalized spacial score (nSPS) is 13.6. The lowest BCUT2D eigenvalue weighted by molar-refractivity contribution is 0.294. The summed E-state index contributed by atoms with van der Waals surface area (Å²) in [7, 11) is 0. The smallest absolute Gasteiger partial charge is 0.130 e. The van der Waals surface area contributed by atoms with Crippen LogP contribution in [-0.4, -0.2) is 18.2 Å². The van der Waals surface area contributed by atoms with Crippen LogP contribution in [0.3, 0.4) is 0 Å². The van der Waals surface area contributed by atoms with Crippen LogP contribution in [0, 0.1) is 0 Å². The minimum atomic E-state index is -0.0855. The summed E-state index contributed by atoms with van der Waals surface area (Å²) in [5.74, 6) is 2.96. The SMILES string of the molecule is CCCOc1c2cc(C(C)(C)C)cc1Cc1cc(C(C)(C)C)cc(c1OCCC)Cc1cc(C(C)(C)C)cc(c1OCc1ccccn1)Cc1cc(cc(C(C)(C)C)c1)C2.